The van der Waals surface area contributed by atoms with Crippen LogP contribution >= 0.6 is 0 Å². The second-order valence-corrected chi connectivity index (χ2v) is 4.70. The number of hydrogen-bond acceptors (Lipinski definition) is 3. The van der Waals surface area contributed by atoms with Gasteiger partial charge < -0.3 is 14.5 Å². The summed E-state index contributed by atoms with van der Waals surface area (Å²) in [5.74, 6) is 0.968. The zero-order valence-electron chi connectivity index (χ0n) is 11.7. The maximum atomic E-state index is 12.1. The van der Waals surface area contributed by atoms with E-state index in [0.29, 0.717) is 11.3 Å². The second kappa shape index (κ2) is 5.34. The van der Waals surface area contributed by atoms with Gasteiger partial charge in [0.2, 0.25) is 0 Å². The molecule has 0 aliphatic rings. The Kier molecular flexibility index (Phi) is 3.79. The molecular weight excluding hydrogens is 242 g/mol. The minimum Gasteiger partial charge on any atom is -0.497 e. The summed E-state index contributed by atoms with van der Waals surface area (Å²) in [6.45, 7) is 5.89. The molecule has 0 saturated carbocycles. The molecule has 19 heavy (non-hydrogen) atoms. The molecule has 4 nitrogen and oxygen atoms in total. The Morgan fingerprint density at radius 3 is 2.84 bits per heavy atom. The number of hydrogen-bond donors (Lipinski definition) is 1. The van der Waals surface area contributed by atoms with Crippen LogP contribution in [0.25, 0.3) is 11.0 Å². The molecule has 4 heteroatoms. The zero-order valence-corrected chi connectivity index (χ0v) is 11.7. The molecule has 0 unspecified atom stereocenters. The number of furan rings is 1. The first-order valence-electron chi connectivity index (χ1n) is 6.44. The van der Waals surface area contributed by atoms with Crippen LogP contribution in [0.1, 0.15) is 36.4 Å². The van der Waals surface area contributed by atoms with Crippen molar-refractivity contribution in [2.45, 2.75) is 33.2 Å². The Morgan fingerprint density at radius 1 is 1.47 bits per heavy atom. The number of carbonyl (C=O) groups excluding carboxylic acids is 1. The molecule has 0 spiro atoms. The fraction of sp³-hybridized carbons (Fsp3) is 0.400. The zero-order chi connectivity index (χ0) is 14.0. The molecule has 0 aliphatic carbocycles. The topological polar surface area (TPSA) is 51.5 Å². The monoisotopic (exact) mass is 261 g/mol. The molecule has 102 valence electrons. The first-order chi connectivity index (χ1) is 9.06. The van der Waals surface area contributed by atoms with Crippen molar-refractivity contribution in [3.05, 3.63) is 29.5 Å². The van der Waals surface area contributed by atoms with Crippen molar-refractivity contribution in [3.63, 3.8) is 0 Å². The Bertz CT molecular complexity index is 601. The molecule has 1 aromatic heterocycles. The van der Waals surface area contributed by atoms with Gasteiger partial charge in [0.1, 0.15) is 11.3 Å². The summed E-state index contributed by atoms with van der Waals surface area (Å²) in [7, 11) is 1.62. The van der Waals surface area contributed by atoms with E-state index in [0.717, 1.165) is 23.1 Å². The molecule has 1 heterocycles. The molecule has 1 N–H and O–H groups in total. The van der Waals surface area contributed by atoms with Crippen molar-refractivity contribution < 1.29 is 13.9 Å². The number of methoxy groups -OCH3 is 1. The van der Waals surface area contributed by atoms with Gasteiger partial charge in [0.25, 0.3) is 5.91 Å². The van der Waals surface area contributed by atoms with Gasteiger partial charge in [-0.25, -0.2) is 0 Å². The maximum Gasteiger partial charge on any atom is 0.287 e. The van der Waals surface area contributed by atoms with Crippen LogP contribution < -0.4 is 10.1 Å². The van der Waals surface area contributed by atoms with Crippen LogP contribution in [-0.2, 0) is 0 Å². The van der Waals surface area contributed by atoms with Gasteiger partial charge in [-0.05, 0) is 38.5 Å². The third-order valence-corrected chi connectivity index (χ3v) is 3.34. The number of amides is 1. The predicted octanol–water partition coefficient (Wildman–Crippen LogP) is 3.28. The van der Waals surface area contributed by atoms with E-state index in [1.165, 1.54) is 0 Å². The predicted molar refractivity (Wildman–Crippen MR) is 74.7 cm³/mol. The lowest BCUT2D eigenvalue weighted by Gasteiger charge is -2.09. The van der Waals surface area contributed by atoms with Crippen LogP contribution in [0, 0.1) is 6.92 Å². The Balaban J connectivity index is 2.39. The van der Waals surface area contributed by atoms with Gasteiger partial charge in [-0.1, -0.05) is 6.92 Å². The van der Waals surface area contributed by atoms with E-state index in [4.69, 9.17) is 9.15 Å². The summed E-state index contributed by atoms with van der Waals surface area (Å²) < 4.78 is 10.8. The van der Waals surface area contributed by atoms with Crippen molar-refractivity contribution in [1.29, 1.82) is 0 Å². The molecule has 2 aromatic rings. The van der Waals surface area contributed by atoms with Crippen LogP contribution in [-0.4, -0.2) is 19.1 Å². The summed E-state index contributed by atoms with van der Waals surface area (Å²) in [5.41, 5.74) is 1.54. The van der Waals surface area contributed by atoms with Crippen molar-refractivity contribution in [2.75, 3.05) is 7.11 Å². The molecule has 1 amide bonds. The van der Waals surface area contributed by atoms with Gasteiger partial charge in [0, 0.05) is 17.0 Å². The van der Waals surface area contributed by atoms with E-state index < -0.39 is 0 Å². The summed E-state index contributed by atoms with van der Waals surface area (Å²) in [6.07, 6.45) is 0.888. The molecule has 1 atom stereocenters. The molecule has 0 saturated heterocycles. The first kappa shape index (κ1) is 13.5. The lowest BCUT2D eigenvalue weighted by atomic mass is 10.1. The summed E-state index contributed by atoms with van der Waals surface area (Å²) in [4.78, 5) is 12.1. The SMILES string of the molecule is CC[C@H](C)NC(=O)c1oc2ccc(OC)cc2c1C. The highest BCUT2D eigenvalue weighted by atomic mass is 16.5. The van der Waals surface area contributed by atoms with E-state index in [2.05, 4.69) is 5.32 Å². The van der Waals surface area contributed by atoms with Gasteiger partial charge in [-0.2, -0.15) is 0 Å². The average Bonchev–Trinajstić information content (AvgIpc) is 2.75. The molecule has 0 bridgehead atoms. The number of benzene rings is 1. The van der Waals surface area contributed by atoms with Crippen LogP contribution in [0.4, 0.5) is 0 Å². The molecule has 0 radical (unpaired) electrons. The maximum absolute atomic E-state index is 12.1. The van der Waals surface area contributed by atoms with Gasteiger partial charge in [0.15, 0.2) is 5.76 Å². The Labute approximate surface area is 112 Å². The third kappa shape index (κ3) is 2.57. The van der Waals surface area contributed by atoms with Crippen molar-refractivity contribution in [3.8, 4) is 5.75 Å². The van der Waals surface area contributed by atoms with Gasteiger partial charge >= 0.3 is 0 Å². The molecule has 2 rings (SSSR count). The van der Waals surface area contributed by atoms with Gasteiger partial charge in [-0.15, -0.1) is 0 Å². The Morgan fingerprint density at radius 2 is 2.21 bits per heavy atom. The number of rotatable bonds is 4. The molecular formula is C15H19NO3. The smallest absolute Gasteiger partial charge is 0.287 e. The fourth-order valence-corrected chi connectivity index (χ4v) is 1.93. The van der Waals surface area contributed by atoms with E-state index in [1.54, 1.807) is 7.11 Å². The summed E-state index contributed by atoms with van der Waals surface area (Å²) in [5, 5.41) is 3.82. The Hall–Kier alpha value is -1.97. The number of ether oxygens (including phenoxy) is 1. The molecule has 0 aliphatic heterocycles. The molecule has 0 fully saturated rings. The average molecular weight is 261 g/mol. The van der Waals surface area contributed by atoms with Crippen molar-refractivity contribution >= 4 is 16.9 Å². The highest BCUT2D eigenvalue weighted by molar-refractivity contribution is 5.99. The standard InChI is InChI=1S/C15H19NO3/c1-5-9(2)16-15(17)14-10(3)12-8-11(18-4)6-7-13(12)19-14/h6-9H,5H2,1-4H3,(H,16,17)/t9-/m0/s1. The van der Waals surface area contributed by atoms with Gasteiger partial charge in [0.05, 0.1) is 7.11 Å². The van der Waals surface area contributed by atoms with Gasteiger partial charge in [-0.3, -0.25) is 4.79 Å². The first-order valence-corrected chi connectivity index (χ1v) is 6.44. The summed E-state index contributed by atoms with van der Waals surface area (Å²) >= 11 is 0. The highest BCUT2D eigenvalue weighted by Crippen LogP contribution is 2.28. The van der Waals surface area contributed by atoms with Crippen LogP contribution in [0.2, 0.25) is 0 Å². The van der Waals surface area contributed by atoms with Crippen LogP contribution in [0.15, 0.2) is 22.6 Å². The largest absolute Gasteiger partial charge is 0.497 e. The van der Waals surface area contributed by atoms with Crippen molar-refractivity contribution in [2.24, 2.45) is 0 Å². The quantitative estimate of drug-likeness (QED) is 0.918. The van der Waals surface area contributed by atoms with E-state index >= 15 is 0 Å². The fourth-order valence-electron chi connectivity index (χ4n) is 1.93. The number of carbonyl (C=O) groups is 1. The van der Waals surface area contributed by atoms with E-state index in [-0.39, 0.29) is 11.9 Å². The van der Waals surface area contributed by atoms with E-state index in [9.17, 15) is 4.79 Å². The molecule has 1 aromatic carbocycles. The van der Waals surface area contributed by atoms with Crippen molar-refractivity contribution in [1.82, 2.24) is 5.32 Å². The normalized spacial score (nSPS) is 12.4. The highest BCUT2D eigenvalue weighted by Gasteiger charge is 2.18. The minimum absolute atomic E-state index is 0.134. The minimum atomic E-state index is -0.165. The number of fused-ring (bicyclic) bond motifs is 1. The second-order valence-electron chi connectivity index (χ2n) is 4.70. The van der Waals surface area contributed by atoms with Crippen LogP contribution in [0.3, 0.4) is 0 Å². The third-order valence-electron chi connectivity index (χ3n) is 3.34. The van der Waals surface area contributed by atoms with Crippen LogP contribution in [0.5, 0.6) is 5.75 Å². The lowest BCUT2D eigenvalue weighted by Crippen LogP contribution is -2.32. The van der Waals surface area contributed by atoms with E-state index in [1.807, 2.05) is 39.0 Å². The number of aryl methyl sites for hydroxylation is 1. The number of nitrogens with one attached hydrogen (secondary N) is 1. The summed E-state index contributed by atoms with van der Waals surface area (Å²) in [6, 6.07) is 5.66. The lowest BCUT2D eigenvalue weighted by molar-refractivity contribution is 0.0912.